The van der Waals surface area contributed by atoms with E-state index in [1.165, 1.54) is 5.56 Å². The molecule has 1 aromatic carbocycles. The largest absolute Gasteiger partial charge is 0.444 e. The fraction of sp³-hybridized carbons (Fsp3) is 0.611. The summed E-state index contributed by atoms with van der Waals surface area (Å²) in [5.41, 5.74) is 7.46. The molecule has 2 rings (SSSR count). The first kappa shape index (κ1) is 17.6. The zero-order valence-electron chi connectivity index (χ0n) is 14.5. The van der Waals surface area contributed by atoms with Gasteiger partial charge < -0.3 is 20.3 Å². The average Bonchev–Trinajstić information content (AvgIpc) is 2.69. The van der Waals surface area contributed by atoms with Crippen LogP contribution in [0, 0.1) is 0 Å². The molecule has 23 heavy (non-hydrogen) atoms. The third-order valence-corrected chi connectivity index (χ3v) is 3.91. The molecule has 1 aliphatic rings. The van der Waals surface area contributed by atoms with Crippen LogP contribution in [0.1, 0.15) is 32.8 Å². The van der Waals surface area contributed by atoms with E-state index in [1.54, 1.807) is 0 Å². The number of amides is 1. The number of nitrogens with two attached hydrogens (primary N) is 1. The predicted octanol–water partition coefficient (Wildman–Crippen LogP) is 2.75. The van der Waals surface area contributed by atoms with Gasteiger partial charge in [-0.3, -0.25) is 0 Å². The highest BCUT2D eigenvalue weighted by Crippen LogP contribution is 2.13. The van der Waals surface area contributed by atoms with Gasteiger partial charge >= 0.3 is 6.09 Å². The van der Waals surface area contributed by atoms with Crippen molar-refractivity contribution in [3.8, 4) is 0 Å². The van der Waals surface area contributed by atoms with Crippen molar-refractivity contribution in [2.24, 2.45) is 0 Å². The van der Waals surface area contributed by atoms with Gasteiger partial charge in [-0.15, -0.1) is 0 Å². The molecule has 0 radical (unpaired) electrons. The Labute approximate surface area is 139 Å². The molecular weight excluding hydrogens is 290 g/mol. The minimum atomic E-state index is -0.434. The maximum atomic E-state index is 12.2. The molecule has 1 aromatic rings. The topological polar surface area (TPSA) is 58.8 Å². The standard InChI is InChI=1S/C18H29N3O2/c1-18(2,3)23-17(22)21-10-5-9-20(12-13-21)11-8-15-6-4-7-16(19)14-15/h4,6-7,14H,5,8-13,19H2,1-3H3. The second-order valence-electron chi connectivity index (χ2n) is 7.16. The molecule has 1 heterocycles. The SMILES string of the molecule is CC(C)(C)OC(=O)N1CCCN(CCc2cccc(N)c2)CC1. The summed E-state index contributed by atoms with van der Waals surface area (Å²) >= 11 is 0. The Bertz CT molecular complexity index is 525. The van der Waals surface area contributed by atoms with Crippen LogP contribution in [0.5, 0.6) is 0 Å². The molecule has 1 saturated heterocycles. The molecule has 5 heteroatoms. The summed E-state index contributed by atoms with van der Waals surface area (Å²) in [5.74, 6) is 0. The van der Waals surface area contributed by atoms with Crippen molar-refractivity contribution in [3.63, 3.8) is 0 Å². The van der Waals surface area contributed by atoms with E-state index in [1.807, 2.05) is 43.9 Å². The number of benzene rings is 1. The lowest BCUT2D eigenvalue weighted by molar-refractivity contribution is 0.0258. The first-order valence-corrected chi connectivity index (χ1v) is 8.38. The van der Waals surface area contributed by atoms with Crippen molar-refractivity contribution in [2.45, 2.75) is 39.2 Å². The van der Waals surface area contributed by atoms with Gasteiger partial charge in [-0.05, 0) is 57.9 Å². The predicted molar refractivity (Wildman–Crippen MR) is 93.4 cm³/mol. The monoisotopic (exact) mass is 319 g/mol. The van der Waals surface area contributed by atoms with Gasteiger partial charge in [0.25, 0.3) is 0 Å². The number of rotatable bonds is 3. The summed E-state index contributed by atoms with van der Waals surface area (Å²) in [7, 11) is 0. The van der Waals surface area contributed by atoms with Crippen molar-refractivity contribution in [1.29, 1.82) is 0 Å². The molecule has 1 amide bonds. The molecule has 0 atom stereocenters. The van der Waals surface area contributed by atoms with E-state index in [-0.39, 0.29) is 6.09 Å². The van der Waals surface area contributed by atoms with Gasteiger partial charge in [0.15, 0.2) is 0 Å². The fourth-order valence-corrected chi connectivity index (χ4v) is 2.74. The number of anilines is 1. The smallest absolute Gasteiger partial charge is 0.410 e. The summed E-state index contributed by atoms with van der Waals surface area (Å²) in [6, 6.07) is 8.05. The molecule has 0 bridgehead atoms. The van der Waals surface area contributed by atoms with E-state index in [0.717, 1.165) is 51.3 Å². The number of carbonyl (C=O) groups is 1. The van der Waals surface area contributed by atoms with Crippen LogP contribution in [0.25, 0.3) is 0 Å². The second-order valence-corrected chi connectivity index (χ2v) is 7.16. The summed E-state index contributed by atoms with van der Waals surface area (Å²) in [6.07, 6.45) is 1.77. The van der Waals surface area contributed by atoms with Crippen molar-refractivity contribution >= 4 is 11.8 Å². The van der Waals surface area contributed by atoms with Gasteiger partial charge in [-0.1, -0.05) is 12.1 Å². The van der Waals surface area contributed by atoms with Gasteiger partial charge in [0.1, 0.15) is 5.60 Å². The zero-order chi connectivity index (χ0) is 16.9. The third kappa shape index (κ3) is 6.10. The van der Waals surface area contributed by atoms with Gasteiger partial charge in [-0.2, -0.15) is 0 Å². The Morgan fingerprint density at radius 1 is 1.22 bits per heavy atom. The maximum Gasteiger partial charge on any atom is 0.410 e. The molecule has 0 unspecified atom stereocenters. The van der Waals surface area contributed by atoms with Crippen LogP contribution in [-0.2, 0) is 11.2 Å². The van der Waals surface area contributed by atoms with Crippen LogP contribution in [0.3, 0.4) is 0 Å². The van der Waals surface area contributed by atoms with Crippen LogP contribution in [0.4, 0.5) is 10.5 Å². The lowest BCUT2D eigenvalue weighted by Gasteiger charge is -2.26. The van der Waals surface area contributed by atoms with Crippen LogP contribution in [0.2, 0.25) is 0 Å². The normalized spacial score (nSPS) is 16.9. The number of hydrogen-bond acceptors (Lipinski definition) is 4. The summed E-state index contributed by atoms with van der Waals surface area (Å²) in [6.45, 7) is 10.1. The van der Waals surface area contributed by atoms with Crippen molar-refractivity contribution in [3.05, 3.63) is 29.8 Å². The Kier molecular flexibility index (Phi) is 5.88. The molecule has 5 nitrogen and oxygen atoms in total. The van der Waals surface area contributed by atoms with Gasteiger partial charge in [0.2, 0.25) is 0 Å². The van der Waals surface area contributed by atoms with Crippen molar-refractivity contribution < 1.29 is 9.53 Å². The Morgan fingerprint density at radius 3 is 2.70 bits per heavy atom. The maximum absolute atomic E-state index is 12.2. The van der Waals surface area contributed by atoms with Crippen molar-refractivity contribution in [2.75, 3.05) is 38.5 Å². The van der Waals surface area contributed by atoms with Gasteiger partial charge in [0, 0.05) is 31.9 Å². The first-order chi connectivity index (χ1) is 10.8. The van der Waals surface area contributed by atoms with E-state index in [9.17, 15) is 4.79 Å². The Balaban J connectivity index is 1.80. The minimum absolute atomic E-state index is 0.199. The molecule has 1 fully saturated rings. The highest BCUT2D eigenvalue weighted by atomic mass is 16.6. The zero-order valence-corrected chi connectivity index (χ0v) is 14.5. The highest BCUT2D eigenvalue weighted by molar-refractivity contribution is 5.68. The molecule has 1 aliphatic heterocycles. The molecule has 128 valence electrons. The Morgan fingerprint density at radius 2 is 2.00 bits per heavy atom. The molecular formula is C18H29N3O2. The van der Waals surface area contributed by atoms with E-state index >= 15 is 0 Å². The van der Waals surface area contributed by atoms with Crippen molar-refractivity contribution in [1.82, 2.24) is 9.80 Å². The Hall–Kier alpha value is -1.75. The minimum Gasteiger partial charge on any atom is -0.444 e. The van der Waals surface area contributed by atoms with E-state index < -0.39 is 5.60 Å². The fourth-order valence-electron chi connectivity index (χ4n) is 2.74. The van der Waals surface area contributed by atoms with Crippen LogP contribution >= 0.6 is 0 Å². The van der Waals surface area contributed by atoms with Gasteiger partial charge in [0.05, 0.1) is 0 Å². The van der Waals surface area contributed by atoms with Crippen LogP contribution in [-0.4, -0.2) is 54.2 Å². The number of ether oxygens (including phenoxy) is 1. The molecule has 0 aromatic heterocycles. The lowest BCUT2D eigenvalue weighted by atomic mass is 10.1. The molecule has 0 spiro atoms. The average molecular weight is 319 g/mol. The summed E-state index contributed by atoms with van der Waals surface area (Å²) < 4.78 is 5.47. The third-order valence-electron chi connectivity index (χ3n) is 3.91. The van der Waals surface area contributed by atoms with Crippen LogP contribution < -0.4 is 5.73 Å². The molecule has 0 saturated carbocycles. The van der Waals surface area contributed by atoms with E-state index in [2.05, 4.69) is 11.0 Å². The van der Waals surface area contributed by atoms with E-state index in [4.69, 9.17) is 10.5 Å². The first-order valence-electron chi connectivity index (χ1n) is 8.38. The summed E-state index contributed by atoms with van der Waals surface area (Å²) in [4.78, 5) is 16.4. The number of hydrogen-bond donors (Lipinski definition) is 1. The van der Waals surface area contributed by atoms with Crippen LogP contribution in [0.15, 0.2) is 24.3 Å². The molecule has 2 N–H and O–H groups in total. The summed E-state index contributed by atoms with van der Waals surface area (Å²) in [5, 5.41) is 0. The number of carbonyl (C=O) groups excluding carboxylic acids is 1. The molecule has 0 aliphatic carbocycles. The number of nitrogens with zero attached hydrogens (tertiary/aromatic N) is 2. The quantitative estimate of drug-likeness (QED) is 0.870. The lowest BCUT2D eigenvalue weighted by Crippen LogP contribution is -2.39. The highest BCUT2D eigenvalue weighted by Gasteiger charge is 2.24. The number of nitrogen functional groups attached to an aromatic ring is 1. The van der Waals surface area contributed by atoms with E-state index in [0.29, 0.717) is 0 Å². The second kappa shape index (κ2) is 7.68. The van der Waals surface area contributed by atoms with Gasteiger partial charge in [-0.25, -0.2) is 4.79 Å².